The van der Waals surface area contributed by atoms with Gasteiger partial charge in [-0.1, -0.05) is 243 Å². The van der Waals surface area contributed by atoms with Gasteiger partial charge in [0.25, 0.3) is 0 Å². The van der Waals surface area contributed by atoms with Gasteiger partial charge in [-0.3, -0.25) is 0 Å². The molecule has 2 aliphatic rings. The lowest BCUT2D eigenvalue weighted by molar-refractivity contribution is 0.669. The molecule has 3 nitrogen and oxygen atoms in total. The standard InChI is InChI=1S/C74H50N2O/c1-4-25-51(26-5-1)73(64-41-15-10-35-58(64)59-36-11-16-42-65(59)73)53-29-22-32-55(49-53)76(70-47-24-40-63-62-39-14-21-48-71(62)77-72(63)70)57-34-23-33-56(50-57)75(54-30-8-3-9-31-54)69-46-20-19-45-68(69)74(52-27-6-2-7-28-52)66-43-17-12-37-60(66)61-38-13-18-44-67(61)74/h1-50H. The number of para-hydroxylation sites is 4. The van der Waals surface area contributed by atoms with Crippen molar-refractivity contribution in [1.82, 2.24) is 0 Å². The average Bonchev–Trinajstić information content (AvgIpc) is 4.16. The Morgan fingerprint density at radius 3 is 1.22 bits per heavy atom. The summed E-state index contributed by atoms with van der Waals surface area (Å²) in [6.07, 6.45) is 0. The third-order valence-electron chi connectivity index (χ3n) is 16.4. The zero-order valence-electron chi connectivity index (χ0n) is 42.2. The fourth-order valence-electron chi connectivity index (χ4n) is 13.4. The summed E-state index contributed by atoms with van der Waals surface area (Å²) in [4.78, 5) is 4.87. The highest BCUT2D eigenvalue weighted by Crippen LogP contribution is 2.60. The SMILES string of the molecule is c1ccc(N(c2cccc(N(c3cccc(C4(c5ccccc5)c5ccccc5-c5ccccc54)c3)c3cccc4c3oc3ccccc34)c2)c2ccccc2C2(c3ccccc3)c3ccccc3-c3ccccc32)cc1. The van der Waals surface area contributed by atoms with Crippen molar-refractivity contribution in [2.75, 3.05) is 9.80 Å². The predicted molar refractivity (Wildman–Crippen MR) is 318 cm³/mol. The number of hydrogen-bond donors (Lipinski definition) is 0. The van der Waals surface area contributed by atoms with Gasteiger partial charge < -0.3 is 14.2 Å². The predicted octanol–water partition coefficient (Wildman–Crippen LogP) is 19.3. The van der Waals surface area contributed by atoms with Gasteiger partial charge in [-0.15, -0.1) is 0 Å². The second kappa shape index (κ2) is 17.9. The van der Waals surface area contributed by atoms with Crippen LogP contribution in [0.2, 0.25) is 0 Å². The molecule has 362 valence electrons. The van der Waals surface area contributed by atoms with E-state index in [1.54, 1.807) is 0 Å². The van der Waals surface area contributed by atoms with Crippen molar-refractivity contribution in [3.63, 3.8) is 0 Å². The monoisotopic (exact) mass is 982 g/mol. The second-order valence-electron chi connectivity index (χ2n) is 20.3. The van der Waals surface area contributed by atoms with Crippen LogP contribution in [0.5, 0.6) is 0 Å². The van der Waals surface area contributed by atoms with Gasteiger partial charge in [-0.25, -0.2) is 0 Å². The fourth-order valence-corrected chi connectivity index (χ4v) is 13.4. The lowest BCUT2D eigenvalue weighted by Gasteiger charge is -2.38. The maximum Gasteiger partial charge on any atom is 0.159 e. The number of benzene rings is 12. The molecule has 0 atom stereocenters. The lowest BCUT2D eigenvalue weighted by atomic mass is 9.67. The summed E-state index contributed by atoms with van der Waals surface area (Å²) >= 11 is 0. The van der Waals surface area contributed by atoms with Crippen LogP contribution in [-0.4, -0.2) is 0 Å². The number of furan rings is 1. The van der Waals surface area contributed by atoms with Crippen molar-refractivity contribution in [3.8, 4) is 22.3 Å². The molecule has 0 radical (unpaired) electrons. The summed E-state index contributed by atoms with van der Waals surface area (Å²) in [6, 6.07) is 111. The summed E-state index contributed by atoms with van der Waals surface area (Å²) in [5, 5.41) is 2.15. The Hall–Kier alpha value is -9.96. The van der Waals surface area contributed by atoms with Crippen LogP contribution in [0.4, 0.5) is 34.1 Å². The van der Waals surface area contributed by atoms with Crippen LogP contribution in [0.1, 0.15) is 44.5 Å². The smallest absolute Gasteiger partial charge is 0.159 e. The molecule has 0 aliphatic heterocycles. The van der Waals surface area contributed by atoms with Crippen LogP contribution in [0.15, 0.2) is 308 Å². The number of hydrogen-bond acceptors (Lipinski definition) is 3. The van der Waals surface area contributed by atoms with Crippen LogP contribution in [0.3, 0.4) is 0 Å². The van der Waals surface area contributed by atoms with Gasteiger partial charge in [0.1, 0.15) is 5.58 Å². The molecule has 0 saturated heterocycles. The molecule has 0 fully saturated rings. The van der Waals surface area contributed by atoms with Crippen LogP contribution >= 0.6 is 0 Å². The zero-order valence-corrected chi connectivity index (χ0v) is 42.2. The van der Waals surface area contributed by atoms with E-state index in [1.165, 1.54) is 66.8 Å². The minimum atomic E-state index is -0.634. The highest BCUT2D eigenvalue weighted by Gasteiger charge is 2.48. The third kappa shape index (κ3) is 6.63. The minimum Gasteiger partial charge on any atom is -0.454 e. The highest BCUT2D eigenvalue weighted by molar-refractivity contribution is 6.10. The van der Waals surface area contributed by atoms with Crippen molar-refractivity contribution in [2.24, 2.45) is 0 Å². The Labute approximate surface area is 448 Å². The quantitative estimate of drug-likeness (QED) is 0.136. The maximum atomic E-state index is 6.97. The molecule has 12 aromatic carbocycles. The van der Waals surface area contributed by atoms with E-state index < -0.39 is 10.8 Å². The molecule has 0 amide bonds. The molecule has 2 aliphatic carbocycles. The summed E-state index contributed by atoms with van der Waals surface area (Å²) in [7, 11) is 0. The van der Waals surface area contributed by atoms with Crippen molar-refractivity contribution in [2.45, 2.75) is 10.8 Å². The first-order valence-corrected chi connectivity index (χ1v) is 26.6. The molecule has 77 heavy (non-hydrogen) atoms. The van der Waals surface area contributed by atoms with Crippen molar-refractivity contribution >= 4 is 56.1 Å². The Kier molecular flexibility index (Phi) is 10.3. The van der Waals surface area contributed by atoms with Gasteiger partial charge >= 0.3 is 0 Å². The molecule has 0 bridgehead atoms. The van der Waals surface area contributed by atoms with E-state index in [0.717, 1.165) is 56.1 Å². The largest absolute Gasteiger partial charge is 0.454 e. The van der Waals surface area contributed by atoms with E-state index in [1.807, 2.05) is 0 Å². The molecular formula is C74H50N2O. The molecule has 13 aromatic rings. The normalized spacial score (nSPS) is 13.4. The zero-order chi connectivity index (χ0) is 50.9. The number of rotatable bonds is 10. The van der Waals surface area contributed by atoms with E-state index in [0.29, 0.717) is 0 Å². The molecule has 0 N–H and O–H groups in total. The molecule has 1 aromatic heterocycles. The van der Waals surface area contributed by atoms with Crippen LogP contribution < -0.4 is 9.80 Å². The molecular weight excluding hydrogens is 933 g/mol. The highest BCUT2D eigenvalue weighted by atomic mass is 16.3. The van der Waals surface area contributed by atoms with Gasteiger partial charge in [-0.2, -0.15) is 0 Å². The molecule has 3 heteroatoms. The number of anilines is 6. The van der Waals surface area contributed by atoms with Gasteiger partial charge in [-0.05, 0) is 127 Å². The van der Waals surface area contributed by atoms with Crippen molar-refractivity contribution < 1.29 is 4.42 Å². The van der Waals surface area contributed by atoms with Gasteiger partial charge in [0, 0.05) is 33.5 Å². The van der Waals surface area contributed by atoms with E-state index in [4.69, 9.17) is 4.42 Å². The topological polar surface area (TPSA) is 19.6 Å². The molecule has 0 spiro atoms. The first-order chi connectivity index (χ1) is 38.2. The van der Waals surface area contributed by atoms with Gasteiger partial charge in [0.15, 0.2) is 5.58 Å². The van der Waals surface area contributed by atoms with E-state index in [-0.39, 0.29) is 0 Å². The Balaban J connectivity index is 0.982. The minimum absolute atomic E-state index is 0.594. The summed E-state index contributed by atoms with van der Waals surface area (Å²) < 4.78 is 6.97. The van der Waals surface area contributed by atoms with E-state index in [9.17, 15) is 0 Å². The Bertz CT molecular complexity index is 4280. The molecule has 0 saturated carbocycles. The first kappa shape index (κ1) is 44.5. The fraction of sp³-hybridized carbons (Fsp3) is 0.0270. The molecule has 0 unspecified atom stereocenters. The first-order valence-electron chi connectivity index (χ1n) is 26.6. The van der Waals surface area contributed by atoms with Crippen molar-refractivity contribution in [3.05, 3.63) is 348 Å². The molecule has 1 heterocycles. The van der Waals surface area contributed by atoms with Gasteiger partial charge in [0.05, 0.1) is 22.2 Å². The van der Waals surface area contributed by atoms with Crippen LogP contribution in [0, 0.1) is 0 Å². The van der Waals surface area contributed by atoms with Gasteiger partial charge in [0.2, 0.25) is 0 Å². The molecule has 15 rings (SSSR count). The summed E-state index contributed by atoms with van der Waals surface area (Å²) in [6.45, 7) is 0. The van der Waals surface area contributed by atoms with Crippen LogP contribution in [-0.2, 0) is 10.8 Å². The second-order valence-corrected chi connectivity index (χ2v) is 20.3. The van der Waals surface area contributed by atoms with Crippen molar-refractivity contribution in [1.29, 1.82) is 0 Å². The van der Waals surface area contributed by atoms with Crippen LogP contribution in [0.25, 0.3) is 44.2 Å². The average molecular weight is 983 g/mol. The van der Waals surface area contributed by atoms with E-state index in [2.05, 4.69) is 313 Å². The number of nitrogens with zero attached hydrogens (tertiary/aromatic N) is 2. The summed E-state index contributed by atoms with van der Waals surface area (Å²) in [5.74, 6) is 0. The third-order valence-corrected chi connectivity index (χ3v) is 16.4. The maximum absolute atomic E-state index is 6.97. The Morgan fingerprint density at radius 1 is 0.247 bits per heavy atom. The number of fused-ring (bicyclic) bond motifs is 9. The summed E-state index contributed by atoms with van der Waals surface area (Å²) in [5.41, 5.74) is 21.5. The lowest BCUT2D eigenvalue weighted by Crippen LogP contribution is -2.30. The van der Waals surface area contributed by atoms with E-state index >= 15 is 0 Å². The Morgan fingerprint density at radius 2 is 0.623 bits per heavy atom.